The number of allylic oxidation sites excluding steroid dienone is 3. The molecular weight excluding hydrogens is 134 g/mol. The highest BCUT2D eigenvalue weighted by molar-refractivity contribution is 5.84. The molecule has 0 rings (SSSR count). The molecule has 62 valence electrons. The van der Waals surface area contributed by atoms with Crippen LogP contribution in [0.25, 0.3) is 0 Å². The van der Waals surface area contributed by atoms with Gasteiger partial charge in [0.25, 0.3) is 0 Å². The van der Waals surface area contributed by atoms with Gasteiger partial charge in [-0.25, -0.2) is 0 Å². The summed E-state index contributed by atoms with van der Waals surface area (Å²) in [5, 5.41) is 0. The van der Waals surface area contributed by atoms with E-state index in [1.54, 1.807) is 7.05 Å². The Bertz CT molecular complexity index is 197. The minimum atomic E-state index is 1.06. The van der Waals surface area contributed by atoms with Crippen LogP contribution in [0.5, 0.6) is 0 Å². The van der Waals surface area contributed by atoms with Crippen LogP contribution in [0.2, 0.25) is 0 Å². The summed E-state index contributed by atoms with van der Waals surface area (Å²) in [6.07, 6.45) is 2.94. The molecule has 0 aliphatic rings. The normalized spacial score (nSPS) is 13.5. The molecule has 0 atom stereocenters. The van der Waals surface area contributed by atoms with E-state index in [9.17, 15) is 0 Å². The topological polar surface area (TPSA) is 12.4 Å². The zero-order chi connectivity index (χ0) is 8.85. The second-order valence-corrected chi connectivity index (χ2v) is 2.72. The molecule has 0 aliphatic carbocycles. The van der Waals surface area contributed by atoms with Crippen molar-refractivity contribution in [1.29, 1.82) is 0 Å². The van der Waals surface area contributed by atoms with E-state index < -0.39 is 0 Å². The fourth-order valence-corrected chi connectivity index (χ4v) is 0.904. The maximum atomic E-state index is 3.98. The summed E-state index contributed by atoms with van der Waals surface area (Å²) in [4.78, 5) is 3.98. The zero-order valence-corrected chi connectivity index (χ0v) is 7.94. The molecule has 1 heteroatoms. The molecule has 1 nitrogen and oxygen atoms in total. The van der Waals surface area contributed by atoms with Crippen molar-refractivity contribution >= 4 is 6.21 Å². The third kappa shape index (κ3) is 3.17. The van der Waals surface area contributed by atoms with Gasteiger partial charge in [0.2, 0.25) is 0 Å². The molecule has 0 radical (unpaired) electrons. The number of aliphatic imine (C=N–C) groups is 1. The molecule has 0 spiro atoms. The summed E-state index contributed by atoms with van der Waals surface area (Å²) < 4.78 is 0. The van der Waals surface area contributed by atoms with Crippen molar-refractivity contribution < 1.29 is 0 Å². The predicted molar refractivity (Wildman–Crippen MR) is 52.2 cm³/mol. The molecule has 0 aromatic heterocycles. The molecule has 0 fully saturated rings. The van der Waals surface area contributed by atoms with Crippen LogP contribution in [0.1, 0.15) is 27.2 Å². The molecule has 0 saturated heterocycles. The molecule has 0 aromatic carbocycles. The van der Waals surface area contributed by atoms with Crippen LogP contribution in [-0.2, 0) is 0 Å². The SMILES string of the molecule is C=C(C)/C(C=NC)=C(/C)CC. The van der Waals surface area contributed by atoms with Gasteiger partial charge < -0.3 is 0 Å². The van der Waals surface area contributed by atoms with Crippen LogP contribution >= 0.6 is 0 Å². The van der Waals surface area contributed by atoms with E-state index in [0.717, 1.165) is 12.0 Å². The van der Waals surface area contributed by atoms with Crippen LogP contribution in [0.15, 0.2) is 28.3 Å². The lowest BCUT2D eigenvalue weighted by Gasteiger charge is -2.04. The summed E-state index contributed by atoms with van der Waals surface area (Å²) in [7, 11) is 1.78. The van der Waals surface area contributed by atoms with E-state index in [1.807, 2.05) is 13.1 Å². The van der Waals surface area contributed by atoms with Gasteiger partial charge in [-0.3, -0.25) is 4.99 Å². The molecule has 0 aliphatic heterocycles. The molecule has 0 heterocycles. The molecule has 0 saturated carbocycles. The van der Waals surface area contributed by atoms with Gasteiger partial charge in [-0.1, -0.05) is 19.1 Å². The van der Waals surface area contributed by atoms with Crippen molar-refractivity contribution in [2.75, 3.05) is 7.05 Å². The van der Waals surface area contributed by atoms with Gasteiger partial charge in [0.05, 0.1) is 0 Å². The highest BCUT2D eigenvalue weighted by atomic mass is 14.6. The lowest BCUT2D eigenvalue weighted by Crippen LogP contribution is -1.90. The van der Waals surface area contributed by atoms with Crippen LogP contribution in [-0.4, -0.2) is 13.3 Å². The first-order valence-corrected chi connectivity index (χ1v) is 3.91. The Kier molecular flexibility index (Phi) is 4.51. The van der Waals surface area contributed by atoms with E-state index in [2.05, 4.69) is 25.4 Å². The van der Waals surface area contributed by atoms with Crippen molar-refractivity contribution in [3.63, 3.8) is 0 Å². The van der Waals surface area contributed by atoms with Crippen LogP contribution < -0.4 is 0 Å². The van der Waals surface area contributed by atoms with Crippen molar-refractivity contribution in [3.8, 4) is 0 Å². The fraction of sp³-hybridized carbons (Fsp3) is 0.500. The first kappa shape index (κ1) is 10.2. The number of nitrogens with zero attached hydrogens (tertiary/aromatic N) is 1. The summed E-state index contributed by atoms with van der Waals surface area (Å²) >= 11 is 0. The second kappa shape index (κ2) is 4.89. The number of hydrogen-bond acceptors (Lipinski definition) is 1. The van der Waals surface area contributed by atoms with Gasteiger partial charge in [-0.05, 0) is 31.4 Å². The predicted octanol–water partition coefficient (Wildman–Crippen LogP) is 2.99. The van der Waals surface area contributed by atoms with E-state index in [0.29, 0.717) is 0 Å². The van der Waals surface area contributed by atoms with E-state index in [4.69, 9.17) is 0 Å². The van der Waals surface area contributed by atoms with Crippen molar-refractivity contribution in [3.05, 3.63) is 23.3 Å². The van der Waals surface area contributed by atoms with Crippen LogP contribution in [0, 0.1) is 0 Å². The minimum absolute atomic E-state index is 1.06. The smallest absolute Gasteiger partial charge is 0.0283 e. The highest BCUT2D eigenvalue weighted by Gasteiger charge is 1.97. The molecule has 0 amide bonds. The van der Waals surface area contributed by atoms with Crippen molar-refractivity contribution in [1.82, 2.24) is 0 Å². The summed E-state index contributed by atoms with van der Waals surface area (Å²) in [6, 6.07) is 0. The van der Waals surface area contributed by atoms with Crippen LogP contribution in [0.3, 0.4) is 0 Å². The van der Waals surface area contributed by atoms with Gasteiger partial charge in [0.1, 0.15) is 0 Å². The molecule has 0 bridgehead atoms. The first-order chi connectivity index (χ1) is 5.13. The second-order valence-electron chi connectivity index (χ2n) is 2.72. The summed E-state index contributed by atoms with van der Waals surface area (Å²) in [6.45, 7) is 10.2. The number of rotatable bonds is 3. The molecular formula is C10H17N. The Labute approximate surface area is 69.5 Å². The van der Waals surface area contributed by atoms with Gasteiger partial charge in [0.15, 0.2) is 0 Å². The van der Waals surface area contributed by atoms with E-state index >= 15 is 0 Å². The highest BCUT2D eigenvalue weighted by Crippen LogP contribution is 2.12. The van der Waals surface area contributed by atoms with Gasteiger partial charge in [0, 0.05) is 13.3 Å². The fourth-order valence-electron chi connectivity index (χ4n) is 0.904. The third-order valence-electron chi connectivity index (χ3n) is 1.71. The zero-order valence-electron chi connectivity index (χ0n) is 7.94. The summed E-state index contributed by atoms with van der Waals surface area (Å²) in [5.74, 6) is 0. The minimum Gasteiger partial charge on any atom is -0.296 e. The Morgan fingerprint density at radius 3 is 2.27 bits per heavy atom. The van der Waals surface area contributed by atoms with Crippen LogP contribution in [0.4, 0.5) is 0 Å². The Hall–Kier alpha value is -0.850. The molecule has 11 heavy (non-hydrogen) atoms. The van der Waals surface area contributed by atoms with Gasteiger partial charge >= 0.3 is 0 Å². The Balaban J connectivity index is 4.72. The maximum Gasteiger partial charge on any atom is 0.0283 e. The Morgan fingerprint density at radius 2 is 2.00 bits per heavy atom. The largest absolute Gasteiger partial charge is 0.296 e. The standard InChI is InChI=1S/C10H17N/c1-6-9(4)10(7-11-5)8(2)3/h7H,2,6H2,1,3-5H3/b10-9-,11-7?. The first-order valence-electron chi connectivity index (χ1n) is 3.91. The molecule has 0 N–H and O–H groups in total. The van der Waals surface area contributed by atoms with Gasteiger partial charge in [-0.15, -0.1) is 0 Å². The average molecular weight is 151 g/mol. The maximum absolute atomic E-state index is 3.98. The van der Waals surface area contributed by atoms with E-state index in [1.165, 1.54) is 11.1 Å². The monoisotopic (exact) mass is 151 g/mol. The lowest BCUT2D eigenvalue weighted by molar-refractivity contribution is 1.08. The lowest BCUT2D eigenvalue weighted by atomic mass is 10.0. The van der Waals surface area contributed by atoms with E-state index in [-0.39, 0.29) is 0 Å². The summed E-state index contributed by atoms with van der Waals surface area (Å²) in [5.41, 5.74) is 3.63. The average Bonchev–Trinajstić information content (AvgIpc) is 1.98. The number of hydrogen-bond donors (Lipinski definition) is 0. The molecule has 0 aromatic rings. The Morgan fingerprint density at radius 1 is 1.45 bits per heavy atom. The molecule has 0 unspecified atom stereocenters. The van der Waals surface area contributed by atoms with Crippen molar-refractivity contribution in [2.45, 2.75) is 27.2 Å². The van der Waals surface area contributed by atoms with Gasteiger partial charge in [-0.2, -0.15) is 0 Å². The third-order valence-corrected chi connectivity index (χ3v) is 1.71. The van der Waals surface area contributed by atoms with Crippen molar-refractivity contribution in [2.24, 2.45) is 4.99 Å². The quantitative estimate of drug-likeness (QED) is 0.434.